The summed E-state index contributed by atoms with van der Waals surface area (Å²) in [7, 11) is -3.26. The van der Waals surface area contributed by atoms with Crippen molar-refractivity contribution < 1.29 is 27.1 Å². The lowest BCUT2D eigenvalue weighted by molar-refractivity contribution is 0.0519. The lowest BCUT2D eigenvalue weighted by Gasteiger charge is -2.02. The first kappa shape index (κ1) is 15.0. The number of esters is 1. The van der Waals surface area contributed by atoms with Crippen molar-refractivity contribution >= 4 is 15.8 Å². The zero-order valence-corrected chi connectivity index (χ0v) is 12.2. The molecule has 7 nitrogen and oxygen atoms in total. The molecule has 2 aromatic rings. The summed E-state index contributed by atoms with van der Waals surface area (Å²) in [4.78, 5) is 15.4. The molecule has 0 aliphatic carbocycles. The Kier molecular flexibility index (Phi) is 4.27. The molecule has 1 heterocycles. The molecule has 1 aromatic carbocycles. The van der Waals surface area contributed by atoms with Gasteiger partial charge in [-0.2, -0.15) is 4.98 Å². The van der Waals surface area contributed by atoms with Crippen molar-refractivity contribution in [1.82, 2.24) is 4.98 Å². The fourth-order valence-corrected chi connectivity index (χ4v) is 2.09. The highest BCUT2D eigenvalue weighted by atomic mass is 32.2. The summed E-state index contributed by atoms with van der Waals surface area (Å²) in [5.74, 6) is -0.275. The molecule has 8 heteroatoms. The van der Waals surface area contributed by atoms with E-state index in [1.807, 2.05) is 0 Å². The number of hydrogen-bond donors (Lipinski definition) is 0. The summed E-state index contributed by atoms with van der Waals surface area (Å²) in [6.07, 6.45) is 2.10. The monoisotopic (exact) mass is 311 g/mol. The standard InChI is InChI=1S/C13H13NO6S/c1-3-18-12(15)11-8-19-13(14-11)20-9-4-6-10(7-5-9)21(2,16)17/h4-8H,3H2,1-2H3. The second-order valence-corrected chi connectivity index (χ2v) is 6.08. The normalized spacial score (nSPS) is 11.1. The number of carbonyl (C=O) groups is 1. The van der Waals surface area contributed by atoms with Crippen LogP contribution in [0.3, 0.4) is 0 Å². The maximum absolute atomic E-state index is 11.4. The zero-order chi connectivity index (χ0) is 15.5. The predicted molar refractivity (Wildman–Crippen MR) is 72.1 cm³/mol. The number of carbonyl (C=O) groups excluding carboxylic acids is 1. The first-order chi connectivity index (χ1) is 9.90. The Labute approximate surface area is 121 Å². The van der Waals surface area contributed by atoms with Gasteiger partial charge in [-0.1, -0.05) is 0 Å². The lowest BCUT2D eigenvalue weighted by atomic mass is 10.3. The van der Waals surface area contributed by atoms with Crippen LogP contribution in [-0.2, 0) is 14.6 Å². The van der Waals surface area contributed by atoms with Gasteiger partial charge >= 0.3 is 12.0 Å². The molecule has 0 fully saturated rings. The maximum Gasteiger partial charge on any atom is 0.399 e. The van der Waals surface area contributed by atoms with Crippen molar-refractivity contribution in [2.75, 3.05) is 12.9 Å². The Morgan fingerprint density at radius 3 is 2.52 bits per heavy atom. The van der Waals surface area contributed by atoms with E-state index in [4.69, 9.17) is 13.9 Å². The summed E-state index contributed by atoms with van der Waals surface area (Å²) >= 11 is 0. The van der Waals surface area contributed by atoms with Crippen molar-refractivity contribution in [1.29, 1.82) is 0 Å². The van der Waals surface area contributed by atoms with Gasteiger partial charge in [0.25, 0.3) is 0 Å². The van der Waals surface area contributed by atoms with E-state index in [1.54, 1.807) is 6.92 Å². The van der Waals surface area contributed by atoms with Crippen LogP contribution in [0.2, 0.25) is 0 Å². The molecule has 112 valence electrons. The second kappa shape index (κ2) is 5.96. The van der Waals surface area contributed by atoms with Crippen molar-refractivity contribution in [2.45, 2.75) is 11.8 Å². The van der Waals surface area contributed by atoms with Gasteiger partial charge in [-0.25, -0.2) is 13.2 Å². The minimum absolute atomic E-state index is 0.000365. The van der Waals surface area contributed by atoms with E-state index >= 15 is 0 Å². The molecule has 0 saturated carbocycles. The molecule has 0 amide bonds. The van der Waals surface area contributed by atoms with Crippen molar-refractivity contribution in [2.24, 2.45) is 0 Å². The fraction of sp³-hybridized carbons (Fsp3) is 0.231. The van der Waals surface area contributed by atoms with Gasteiger partial charge in [0.15, 0.2) is 15.5 Å². The predicted octanol–water partition coefficient (Wildman–Crippen LogP) is 2.05. The first-order valence-electron chi connectivity index (χ1n) is 6.01. The third kappa shape index (κ3) is 3.82. The molecule has 0 N–H and O–H groups in total. The average Bonchev–Trinajstić information content (AvgIpc) is 2.87. The molecule has 21 heavy (non-hydrogen) atoms. The third-order valence-corrected chi connectivity index (χ3v) is 3.55. The number of aromatic nitrogens is 1. The van der Waals surface area contributed by atoms with Crippen molar-refractivity contribution in [3.8, 4) is 11.8 Å². The molecule has 0 atom stereocenters. The fourth-order valence-electron chi connectivity index (χ4n) is 1.46. The van der Waals surface area contributed by atoms with Gasteiger partial charge in [-0.15, -0.1) is 0 Å². The largest absolute Gasteiger partial charge is 0.461 e. The molecule has 0 aliphatic rings. The zero-order valence-electron chi connectivity index (χ0n) is 11.4. The lowest BCUT2D eigenvalue weighted by Crippen LogP contribution is -2.04. The van der Waals surface area contributed by atoms with E-state index in [1.165, 1.54) is 24.3 Å². The number of hydrogen-bond acceptors (Lipinski definition) is 7. The molecular weight excluding hydrogens is 298 g/mol. The highest BCUT2D eigenvalue weighted by Crippen LogP contribution is 2.22. The van der Waals surface area contributed by atoms with Crippen LogP contribution in [0.4, 0.5) is 0 Å². The van der Waals surface area contributed by atoms with Crippen LogP contribution in [0, 0.1) is 0 Å². The Morgan fingerprint density at radius 1 is 1.29 bits per heavy atom. The van der Waals surface area contributed by atoms with E-state index in [0.29, 0.717) is 5.75 Å². The van der Waals surface area contributed by atoms with Gasteiger partial charge < -0.3 is 13.9 Å². The summed E-state index contributed by atoms with van der Waals surface area (Å²) in [6, 6.07) is 5.73. The van der Waals surface area contributed by atoms with E-state index < -0.39 is 15.8 Å². The number of sulfone groups is 1. The summed E-state index contributed by atoms with van der Waals surface area (Å²) < 4.78 is 37.7. The Balaban J connectivity index is 2.10. The van der Waals surface area contributed by atoms with Crippen LogP contribution >= 0.6 is 0 Å². The van der Waals surface area contributed by atoms with Crippen molar-refractivity contribution in [3.05, 3.63) is 36.2 Å². The van der Waals surface area contributed by atoms with Crippen LogP contribution < -0.4 is 4.74 Å². The van der Waals surface area contributed by atoms with Gasteiger partial charge in [0.2, 0.25) is 0 Å². The summed E-state index contributed by atoms with van der Waals surface area (Å²) in [6.45, 7) is 1.91. The van der Waals surface area contributed by atoms with Gasteiger partial charge in [-0.05, 0) is 31.2 Å². The molecule has 0 spiro atoms. The Hall–Kier alpha value is -2.35. The molecule has 0 saturated heterocycles. The quantitative estimate of drug-likeness (QED) is 0.780. The van der Waals surface area contributed by atoms with Crippen LogP contribution in [-0.4, -0.2) is 32.2 Å². The summed E-state index contributed by atoms with van der Waals surface area (Å²) in [5.41, 5.74) is -0.000365. The van der Waals surface area contributed by atoms with E-state index in [0.717, 1.165) is 12.5 Å². The molecule has 2 rings (SSSR count). The van der Waals surface area contributed by atoms with Gasteiger partial charge in [0, 0.05) is 6.26 Å². The number of rotatable bonds is 5. The SMILES string of the molecule is CCOC(=O)c1coc(Oc2ccc(S(C)(=O)=O)cc2)n1. The van der Waals surface area contributed by atoms with Crippen LogP contribution in [0.15, 0.2) is 39.8 Å². The molecular formula is C13H13NO6S. The van der Waals surface area contributed by atoms with E-state index in [9.17, 15) is 13.2 Å². The number of ether oxygens (including phenoxy) is 2. The van der Waals surface area contributed by atoms with Crippen molar-refractivity contribution in [3.63, 3.8) is 0 Å². The van der Waals surface area contributed by atoms with Crippen LogP contribution in [0.5, 0.6) is 11.8 Å². The highest BCUT2D eigenvalue weighted by Gasteiger charge is 2.14. The van der Waals surface area contributed by atoms with Gasteiger partial charge in [0.1, 0.15) is 12.0 Å². The third-order valence-electron chi connectivity index (χ3n) is 2.42. The topological polar surface area (TPSA) is 95.7 Å². The van der Waals surface area contributed by atoms with Gasteiger partial charge in [0.05, 0.1) is 11.5 Å². The number of nitrogens with zero attached hydrogens (tertiary/aromatic N) is 1. The van der Waals surface area contributed by atoms with Crippen LogP contribution in [0.1, 0.15) is 17.4 Å². The molecule has 0 unspecified atom stereocenters. The Bertz CT molecular complexity index is 732. The molecule has 0 aliphatic heterocycles. The smallest absolute Gasteiger partial charge is 0.399 e. The maximum atomic E-state index is 11.4. The first-order valence-corrected chi connectivity index (χ1v) is 7.90. The van der Waals surface area contributed by atoms with Gasteiger partial charge in [-0.3, -0.25) is 0 Å². The Morgan fingerprint density at radius 2 is 1.95 bits per heavy atom. The van der Waals surface area contributed by atoms with Crippen LogP contribution in [0.25, 0.3) is 0 Å². The number of oxazole rings is 1. The molecule has 0 bridgehead atoms. The minimum Gasteiger partial charge on any atom is -0.461 e. The highest BCUT2D eigenvalue weighted by molar-refractivity contribution is 7.90. The average molecular weight is 311 g/mol. The second-order valence-electron chi connectivity index (χ2n) is 4.06. The summed E-state index contributed by atoms with van der Waals surface area (Å²) in [5, 5.41) is 0. The molecule has 1 aromatic heterocycles. The minimum atomic E-state index is -3.26. The number of benzene rings is 1. The van der Waals surface area contributed by atoms with E-state index in [2.05, 4.69) is 4.98 Å². The van der Waals surface area contributed by atoms with E-state index in [-0.39, 0.29) is 23.3 Å². The molecule has 0 radical (unpaired) electrons.